The molecule has 0 saturated heterocycles. The third kappa shape index (κ3) is 4.18. The van der Waals surface area contributed by atoms with Gasteiger partial charge in [-0.2, -0.15) is 0 Å². The monoisotopic (exact) mass is 420 g/mol. The largest absolute Gasteiger partial charge is 0.312 e. The van der Waals surface area contributed by atoms with E-state index in [1.165, 1.54) is 0 Å². The number of amides is 1. The number of nitrogens with one attached hydrogen (secondary N) is 1. The first-order chi connectivity index (χ1) is 13.7. The zero-order valence-corrected chi connectivity index (χ0v) is 16.8. The molecule has 1 unspecified atom stereocenters. The highest BCUT2D eigenvalue weighted by Crippen LogP contribution is 2.39. The minimum absolute atomic E-state index is 0.0320. The summed E-state index contributed by atoms with van der Waals surface area (Å²) in [6, 6.07) is 7.88. The van der Waals surface area contributed by atoms with Gasteiger partial charge in [0.2, 0.25) is 15.9 Å². The molecule has 1 aliphatic heterocycles. The van der Waals surface area contributed by atoms with Crippen molar-refractivity contribution in [1.82, 2.24) is 4.72 Å². The van der Waals surface area contributed by atoms with E-state index < -0.39 is 26.6 Å². The Morgan fingerprint density at radius 1 is 1.14 bits per heavy atom. The molecule has 0 spiro atoms. The quantitative estimate of drug-likeness (QED) is 0.775. The molecule has 0 aromatic heterocycles. The minimum atomic E-state index is -4.12. The van der Waals surface area contributed by atoms with Gasteiger partial charge in [0.25, 0.3) is 0 Å². The van der Waals surface area contributed by atoms with Crippen LogP contribution in [0.1, 0.15) is 43.2 Å². The summed E-state index contributed by atoms with van der Waals surface area (Å²) in [7, 11) is -4.12. The van der Waals surface area contributed by atoms with Crippen LogP contribution in [0.25, 0.3) is 0 Å². The maximum absolute atomic E-state index is 13.8. The summed E-state index contributed by atoms with van der Waals surface area (Å²) in [5.41, 5.74) is 2.61. The van der Waals surface area contributed by atoms with E-state index in [1.54, 1.807) is 6.07 Å². The molecule has 1 fully saturated rings. The van der Waals surface area contributed by atoms with Crippen molar-refractivity contribution in [3.05, 3.63) is 59.2 Å². The number of carbonyl (C=O) groups excluding carboxylic acids is 1. The summed E-state index contributed by atoms with van der Waals surface area (Å²) in [6.07, 6.45) is 2.72. The van der Waals surface area contributed by atoms with Crippen LogP contribution in [0.5, 0.6) is 0 Å². The maximum atomic E-state index is 13.8. The molecule has 29 heavy (non-hydrogen) atoms. The Bertz CT molecular complexity index is 1070. The average molecular weight is 420 g/mol. The molecule has 2 aliphatic rings. The Morgan fingerprint density at radius 2 is 1.90 bits per heavy atom. The average Bonchev–Trinajstić information content (AvgIpc) is 3.47. The molecule has 0 radical (unpaired) electrons. The van der Waals surface area contributed by atoms with Gasteiger partial charge in [0, 0.05) is 31.3 Å². The summed E-state index contributed by atoms with van der Waals surface area (Å²) in [5.74, 6) is -1.24. The number of carbonyl (C=O) groups is 1. The van der Waals surface area contributed by atoms with Crippen molar-refractivity contribution >= 4 is 21.6 Å². The summed E-state index contributed by atoms with van der Waals surface area (Å²) < 4.78 is 54.0. The normalized spacial score (nSPS) is 19.3. The van der Waals surface area contributed by atoms with Crippen LogP contribution in [0, 0.1) is 17.6 Å². The van der Waals surface area contributed by atoms with Crippen LogP contribution in [-0.2, 0) is 21.4 Å². The van der Waals surface area contributed by atoms with Crippen LogP contribution >= 0.6 is 0 Å². The highest BCUT2D eigenvalue weighted by atomic mass is 32.2. The molecule has 1 atom stereocenters. The SMILES string of the molecule is CC1CC(=O)N(CC2CC2)c2ccc(CNS(=O)(=O)c3ccc(F)cc3F)cc21. The van der Waals surface area contributed by atoms with Crippen molar-refractivity contribution in [2.45, 2.75) is 43.5 Å². The van der Waals surface area contributed by atoms with E-state index in [4.69, 9.17) is 0 Å². The first-order valence-electron chi connectivity index (χ1n) is 9.62. The van der Waals surface area contributed by atoms with Crippen LogP contribution < -0.4 is 9.62 Å². The Kier molecular flexibility index (Phi) is 5.16. The molecular formula is C21H22F2N2O3S. The zero-order valence-electron chi connectivity index (χ0n) is 16.0. The topological polar surface area (TPSA) is 66.5 Å². The van der Waals surface area contributed by atoms with Gasteiger partial charge in [0.1, 0.15) is 16.5 Å². The molecule has 1 saturated carbocycles. The van der Waals surface area contributed by atoms with Crippen LogP contribution in [0.15, 0.2) is 41.3 Å². The van der Waals surface area contributed by atoms with Gasteiger partial charge in [-0.05, 0) is 54.0 Å². The molecule has 8 heteroatoms. The number of anilines is 1. The van der Waals surface area contributed by atoms with Gasteiger partial charge < -0.3 is 4.90 Å². The van der Waals surface area contributed by atoms with Crippen molar-refractivity contribution in [2.75, 3.05) is 11.4 Å². The van der Waals surface area contributed by atoms with Crippen molar-refractivity contribution < 1.29 is 22.0 Å². The summed E-state index contributed by atoms with van der Waals surface area (Å²) >= 11 is 0. The predicted octanol–water partition coefficient (Wildman–Crippen LogP) is 3.69. The molecule has 1 heterocycles. The Hall–Kier alpha value is -2.32. The number of hydrogen-bond donors (Lipinski definition) is 1. The van der Waals surface area contributed by atoms with Crippen molar-refractivity contribution in [3.63, 3.8) is 0 Å². The van der Waals surface area contributed by atoms with Crippen LogP contribution in [0.2, 0.25) is 0 Å². The van der Waals surface area contributed by atoms with Crippen LogP contribution in [-0.4, -0.2) is 20.9 Å². The van der Waals surface area contributed by atoms with Crippen molar-refractivity contribution in [1.29, 1.82) is 0 Å². The van der Waals surface area contributed by atoms with E-state index in [1.807, 2.05) is 24.0 Å². The van der Waals surface area contributed by atoms with Gasteiger partial charge >= 0.3 is 0 Å². The molecule has 1 aliphatic carbocycles. The summed E-state index contributed by atoms with van der Waals surface area (Å²) in [4.78, 5) is 13.7. The first kappa shape index (κ1) is 20.0. The number of nitrogens with zero attached hydrogens (tertiary/aromatic N) is 1. The van der Waals surface area contributed by atoms with Gasteiger partial charge in [-0.3, -0.25) is 4.79 Å². The number of hydrogen-bond acceptors (Lipinski definition) is 3. The van der Waals surface area contributed by atoms with E-state index >= 15 is 0 Å². The molecule has 2 aromatic rings. The van der Waals surface area contributed by atoms with Crippen molar-refractivity contribution in [2.24, 2.45) is 5.92 Å². The lowest BCUT2D eigenvalue weighted by Gasteiger charge is -2.33. The smallest absolute Gasteiger partial charge is 0.243 e. The molecule has 4 rings (SSSR count). The standard InChI is InChI=1S/C21H22F2N2O3S/c1-13-8-21(26)25(12-14-2-3-14)19-6-4-15(9-17(13)19)11-24-29(27,28)20-7-5-16(22)10-18(20)23/h4-7,9-10,13-14,24H,2-3,8,11-12H2,1H3. The highest BCUT2D eigenvalue weighted by molar-refractivity contribution is 7.89. The molecular weight excluding hydrogens is 398 g/mol. The van der Waals surface area contributed by atoms with E-state index in [2.05, 4.69) is 4.72 Å². The molecule has 1 amide bonds. The lowest BCUT2D eigenvalue weighted by Crippen LogP contribution is -2.37. The van der Waals surface area contributed by atoms with E-state index in [9.17, 15) is 22.0 Å². The molecule has 0 bridgehead atoms. The van der Waals surface area contributed by atoms with Crippen LogP contribution in [0.4, 0.5) is 14.5 Å². The van der Waals surface area contributed by atoms with E-state index in [0.717, 1.165) is 42.8 Å². The third-order valence-electron chi connectivity index (χ3n) is 5.48. The van der Waals surface area contributed by atoms with Gasteiger partial charge in [-0.25, -0.2) is 21.9 Å². The molecule has 2 aromatic carbocycles. The maximum Gasteiger partial charge on any atom is 0.243 e. The number of halogens is 2. The number of fused-ring (bicyclic) bond motifs is 1. The van der Waals surface area contributed by atoms with E-state index in [-0.39, 0.29) is 18.4 Å². The lowest BCUT2D eigenvalue weighted by atomic mass is 9.89. The van der Waals surface area contributed by atoms with Crippen LogP contribution in [0.3, 0.4) is 0 Å². The molecule has 5 nitrogen and oxygen atoms in total. The second-order valence-corrected chi connectivity index (χ2v) is 9.58. The second-order valence-electron chi connectivity index (χ2n) is 7.85. The highest BCUT2D eigenvalue weighted by Gasteiger charge is 2.33. The fourth-order valence-electron chi connectivity index (χ4n) is 3.68. The van der Waals surface area contributed by atoms with Gasteiger partial charge in [-0.1, -0.05) is 19.1 Å². The third-order valence-corrected chi connectivity index (χ3v) is 6.92. The van der Waals surface area contributed by atoms with Gasteiger partial charge in [0.05, 0.1) is 0 Å². The van der Waals surface area contributed by atoms with Crippen molar-refractivity contribution in [3.8, 4) is 0 Å². The van der Waals surface area contributed by atoms with E-state index in [0.29, 0.717) is 24.0 Å². The summed E-state index contributed by atoms with van der Waals surface area (Å²) in [5, 5.41) is 0. The zero-order chi connectivity index (χ0) is 20.8. The predicted molar refractivity (Wildman–Crippen MR) is 105 cm³/mol. The fraction of sp³-hybridized carbons (Fsp3) is 0.381. The Balaban J connectivity index is 1.54. The number of rotatable bonds is 6. The Morgan fingerprint density at radius 3 is 2.59 bits per heavy atom. The Labute approximate surface area is 168 Å². The fourth-order valence-corrected chi connectivity index (χ4v) is 4.75. The lowest BCUT2D eigenvalue weighted by molar-refractivity contribution is -0.119. The molecule has 154 valence electrons. The van der Waals surface area contributed by atoms with Gasteiger partial charge in [-0.15, -0.1) is 0 Å². The second kappa shape index (κ2) is 7.50. The molecule has 1 N–H and O–H groups in total. The summed E-state index contributed by atoms with van der Waals surface area (Å²) in [6.45, 7) is 2.68. The number of sulfonamides is 1. The van der Waals surface area contributed by atoms with Gasteiger partial charge in [0.15, 0.2) is 0 Å². The number of benzene rings is 2. The first-order valence-corrected chi connectivity index (χ1v) is 11.1. The minimum Gasteiger partial charge on any atom is -0.312 e.